The van der Waals surface area contributed by atoms with Gasteiger partial charge in [-0.2, -0.15) is 0 Å². The van der Waals surface area contributed by atoms with E-state index in [1.54, 1.807) is 0 Å². The fourth-order valence-electron chi connectivity index (χ4n) is 3.11. The maximum absolute atomic E-state index is 2.30. The average Bonchev–Trinajstić information content (AvgIpc) is 2.59. The van der Waals surface area contributed by atoms with Crippen molar-refractivity contribution in [2.24, 2.45) is 5.92 Å². The highest BCUT2D eigenvalue weighted by atomic mass is 32.2. The second-order valence-corrected chi connectivity index (χ2v) is 7.99. The van der Waals surface area contributed by atoms with Crippen LogP contribution in [0, 0.1) is 5.92 Å². The molecule has 0 bridgehead atoms. The van der Waals surface area contributed by atoms with Crippen LogP contribution in [0.5, 0.6) is 0 Å². The van der Waals surface area contributed by atoms with Crippen LogP contribution >= 0.6 is 11.8 Å². The molecule has 0 nitrogen and oxygen atoms in total. The SMILES string of the molecule is CCCCCCCCC(CCCCCC)CSc1ccccc1. The molecule has 1 atom stereocenters. The van der Waals surface area contributed by atoms with Gasteiger partial charge in [0, 0.05) is 10.6 Å². The van der Waals surface area contributed by atoms with Crippen LogP contribution in [0.4, 0.5) is 0 Å². The van der Waals surface area contributed by atoms with Gasteiger partial charge < -0.3 is 0 Å². The van der Waals surface area contributed by atoms with Gasteiger partial charge in [0.05, 0.1) is 0 Å². The molecule has 0 aliphatic rings. The van der Waals surface area contributed by atoms with Gasteiger partial charge in [0.15, 0.2) is 0 Å². The van der Waals surface area contributed by atoms with Crippen molar-refractivity contribution in [1.29, 1.82) is 0 Å². The van der Waals surface area contributed by atoms with Crippen LogP contribution in [0.15, 0.2) is 35.2 Å². The highest BCUT2D eigenvalue weighted by Gasteiger charge is 2.09. The van der Waals surface area contributed by atoms with E-state index in [0.717, 1.165) is 5.92 Å². The zero-order valence-electron chi connectivity index (χ0n) is 15.6. The molecule has 0 aliphatic heterocycles. The van der Waals surface area contributed by atoms with E-state index < -0.39 is 0 Å². The van der Waals surface area contributed by atoms with Crippen molar-refractivity contribution in [1.82, 2.24) is 0 Å². The summed E-state index contributed by atoms with van der Waals surface area (Å²) in [7, 11) is 0. The van der Waals surface area contributed by atoms with Gasteiger partial charge in [-0.05, 0) is 30.9 Å². The standard InChI is InChI=1S/C22H38S/c1-3-5-7-9-10-13-17-21(16-12-8-6-4-2)20-23-22-18-14-11-15-19-22/h11,14-15,18-19,21H,3-10,12-13,16-17,20H2,1-2H3. The predicted octanol–water partition coefficient (Wildman–Crippen LogP) is 8.12. The first-order chi connectivity index (χ1) is 11.4. The normalized spacial score (nSPS) is 12.4. The first-order valence-electron chi connectivity index (χ1n) is 10.0. The van der Waals surface area contributed by atoms with Crippen molar-refractivity contribution in [3.05, 3.63) is 30.3 Å². The van der Waals surface area contributed by atoms with Gasteiger partial charge in [0.25, 0.3) is 0 Å². The lowest BCUT2D eigenvalue weighted by Gasteiger charge is -2.16. The third-order valence-corrected chi connectivity index (χ3v) is 5.90. The zero-order chi connectivity index (χ0) is 16.6. The van der Waals surface area contributed by atoms with Crippen LogP contribution in [0.3, 0.4) is 0 Å². The molecule has 1 aromatic carbocycles. The summed E-state index contributed by atoms with van der Waals surface area (Å²) >= 11 is 2.06. The van der Waals surface area contributed by atoms with Crippen LogP contribution in [0.25, 0.3) is 0 Å². The highest BCUT2D eigenvalue weighted by Crippen LogP contribution is 2.27. The van der Waals surface area contributed by atoms with Crippen LogP contribution in [-0.2, 0) is 0 Å². The minimum Gasteiger partial charge on any atom is -0.126 e. The molecule has 0 saturated carbocycles. The Kier molecular flexibility index (Phi) is 13.6. The van der Waals surface area contributed by atoms with E-state index >= 15 is 0 Å². The maximum atomic E-state index is 2.30. The molecule has 0 heterocycles. The zero-order valence-corrected chi connectivity index (χ0v) is 16.4. The van der Waals surface area contributed by atoms with E-state index in [1.165, 1.54) is 87.7 Å². The number of thioether (sulfide) groups is 1. The fraction of sp³-hybridized carbons (Fsp3) is 0.727. The van der Waals surface area contributed by atoms with Crippen LogP contribution in [-0.4, -0.2) is 5.75 Å². The Morgan fingerprint density at radius 2 is 1.22 bits per heavy atom. The number of rotatable bonds is 15. The van der Waals surface area contributed by atoms with Gasteiger partial charge in [0.1, 0.15) is 0 Å². The minimum absolute atomic E-state index is 0.920. The second-order valence-electron chi connectivity index (χ2n) is 6.90. The first-order valence-corrected chi connectivity index (χ1v) is 11.0. The molecule has 1 unspecified atom stereocenters. The lowest BCUT2D eigenvalue weighted by molar-refractivity contribution is 0.440. The van der Waals surface area contributed by atoms with Crippen molar-refractivity contribution in [2.45, 2.75) is 95.8 Å². The molecule has 1 rings (SSSR count). The summed E-state index contributed by atoms with van der Waals surface area (Å²) < 4.78 is 0. The summed E-state index contributed by atoms with van der Waals surface area (Å²) in [6.07, 6.45) is 17.1. The van der Waals surface area contributed by atoms with Crippen molar-refractivity contribution >= 4 is 11.8 Å². The van der Waals surface area contributed by atoms with Gasteiger partial charge in [-0.1, -0.05) is 96.3 Å². The largest absolute Gasteiger partial charge is 0.126 e. The number of hydrogen-bond acceptors (Lipinski definition) is 1. The van der Waals surface area contributed by atoms with Gasteiger partial charge in [-0.3, -0.25) is 0 Å². The van der Waals surface area contributed by atoms with E-state index in [4.69, 9.17) is 0 Å². The van der Waals surface area contributed by atoms with Crippen molar-refractivity contribution in [2.75, 3.05) is 5.75 Å². The third kappa shape index (κ3) is 11.7. The van der Waals surface area contributed by atoms with Gasteiger partial charge in [-0.25, -0.2) is 0 Å². The van der Waals surface area contributed by atoms with Gasteiger partial charge in [-0.15, -0.1) is 11.8 Å². The lowest BCUT2D eigenvalue weighted by atomic mass is 9.96. The molecule has 0 N–H and O–H groups in total. The molecule has 0 fully saturated rings. The smallest absolute Gasteiger partial charge is 0.00720 e. The number of unbranched alkanes of at least 4 members (excludes halogenated alkanes) is 8. The topological polar surface area (TPSA) is 0 Å². The molecule has 0 aliphatic carbocycles. The van der Waals surface area contributed by atoms with E-state index in [2.05, 4.69) is 55.9 Å². The second kappa shape index (κ2) is 15.1. The molecule has 23 heavy (non-hydrogen) atoms. The Labute approximate surface area is 149 Å². The Balaban J connectivity index is 2.24. The molecular formula is C22H38S. The third-order valence-electron chi connectivity index (χ3n) is 4.66. The summed E-state index contributed by atoms with van der Waals surface area (Å²) in [4.78, 5) is 1.44. The molecule has 0 aromatic heterocycles. The van der Waals surface area contributed by atoms with E-state index in [0.29, 0.717) is 0 Å². The molecule has 132 valence electrons. The van der Waals surface area contributed by atoms with E-state index in [-0.39, 0.29) is 0 Å². The van der Waals surface area contributed by atoms with Crippen LogP contribution in [0.2, 0.25) is 0 Å². The van der Waals surface area contributed by atoms with Crippen molar-refractivity contribution in [3.63, 3.8) is 0 Å². The van der Waals surface area contributed by atoms with Gasteiger partial charge in [0.2, 0.25) is 0 Å². The first kappa shape index (κ1) is 20.6. The summed E-state index contributed by atoms with van der Waals surface area (Å²) in [5.74, 6) is 2.23. The van der Waals surface area contributed by atoms with Gasteiger partial charge >= 0.3 is 0 Å². The lowest BCUT2D eigenvalue weighted by Crippen LogP contribution is -2.04. The Hall–Kier alpha value is -0.430. The maximum Gasteiger partial charge on any atom is 0.00720 e. The number of hydrogen-bond donors (Lipinski definition) is 0. The molecule has 1 heteroatoms. The Morgan fingerprint density at radius 3 is 1.83 bits per heavy atom. The molecule has 1 aromatic rings. The highest BCUT2D eigenvalue weighted by molar-refractivity contribution is 7.99. The summed E-state index contributed by atoms with van der Waals surface area (Å²) in [6.45, 7) is 4.60. The van der Waals surface area contributed by atoms with Crippen LogP contribution in [0.1, 0.15) is 90.9 Å². The quantitative estimate of drug-likeness (QED) is 0.230. The monoisotopic (exact) mass is 334 g/mol. The van der Waals surface area contributed by atoms with Crippen molar-refractivity contribution in [3.8, 4) is 0 Å². The van der Waals surface area contributed by atoms with E-state index in [9.17, 15) is 0 Å². The molecule has 0 spiro atoms. The summed E-state index contributed by atoms with van der Waals surface area (Å²) in [5, 5.41) is 0. The molecular weight excluding hydrogens is 296 g/mol. The Bertz CT molecular complexity index is 346. The number of benzene rings is 1. The molecule has 0 saturated heterocycles. The average molecular weight is 335 g/mol. The predicted molar refractivity (Wildman–Crippen MR) is 107 cm³/mol. The summed E-state index contributed by atoms with van der Waals surface area (Å²) in [5.41, 5.74) is 0. The van der Waals surface area contributed by atoms with E-state index in [1.807, 2.05) is 0 Å². The molecule has 0 radical (unpaired) electrons. The van der Waals surface area contributed by atoms with Crippen LogP contribution < -0.4 is 0 Å². The fourth-order valence-corrected chi connectivity index (χ4v) is 4.23. The molecule has 0 amide bonds. The minimum atomic E-state index is 0.920. The summed E-state index contributed by atoms with van der Waals surface area (Å²) in [6, 6.07) is 10.9. The Morgan fingerprint density at radius 1 is 0.696 bits per heavy atom. The van der Waals surface area contributed by atoms with Crippen molar-refractivity contribution < 1.29 is 0 Å².